The molecule has 0 saturated heterocycles. The van der Waals surface area contributed by atoms with Crippen molar-refractivity contribution in [1.29, 1.82) is 0 Å². The van der Waals surface area contributed by atoms with Gasteiger partial charge in [0.1, 0.15) is 5.75 Å². The van der Waals surface area contributed by atoms with Crippen LogP contribution in [0.15, 0.2) is 18.2 Å². The Balaban J connectivity index is 1.61. The molecule has 2 rings (SSSR count). The molecule has 0 saturated carbocycles. The summed E-state index contributed by atoms with van der Waals surface area (Å²) < 4.78 is 16.9. The zero-order chi connectivity index (χ0) is 18.8. The zero-order valence-corrected chi connectivity index (χ0v) is 16.6. The van der Waals surface area contributed by atoms with Crippen LogP contribution in [0, 0.1) is 0 Å². The monoisotopic (exact) mass is 365 g/mol. The van der Waals surface area contributed by atoms with Gasteiger partial charge in [-0.2, -0.15) is 0 Å². The van der Waals surface area contributed by atoms with Crippen molar-refractivity contribution in [2.24, 2.45) is 0 Å². The Labute approximate surface area is 158 Å². The molecule has 1 aromatic rings. The summed E-state index contributed by atoms with van der Waals surface area (Å²) in [6, 6.07) is 5.84. The SMILES string of the molecule is CCCOCCCCCCNCC(O)c1ccc2c(c1)COC(C)(C)O2. The van der Waals surface area contributed by atoms with Crippen molar-refractivity contribution in [3.05, 3.63) is 29.3 Å². The van der Waals surface area contributed by atoms with Gasteiger partial charge in [-0.1, -0.05) is 25.8 Å². The standard InChI is InChI=1S/C21H35NO4/c1-4-12-24-13-8-6-5-7-11-22-15-19(23)17-9-10-20-18(14-17)16-25-21(2,3)26-20/h9-10,14,19,22-23H,4-8,11-13,15-16H2,1-3H3. The molecule has 5 nitrogen and oxygen atoms in total. The number of benzene rings is 1. The van der Waals surface area contributed by atoms with Gasteiger partial charge in [0.05, 0.1) is 12.7 Å². The van der Waals surface area contributed by atoms with Crippen LogP contribution in [-0.2, 0) is 16.1 Å². The van der Waals surface area contributed by atoms with Crippen molar-refractivity contribution in [3.8, 4) is 5.75 Å². The van der Waals surface area contributed by atoms with Crippen molar-refractivity contribution >= 4 is 0 Å². The van der Waals surface area contributed by atoms with E-state index in [1.54, 1.807) is 0 Å². The summed E-state index contributed by atoms with van der Waals surface area (Å²) in [5.41, 5.74) is 1.89. The van der Waals surface area contributed by atoms with Gasteiger partial charge >= 0.3 is 0 Å². The number of unbranched alkanes of at least 4 members (excludes halogenated alkanes) is 3. The first-order chi connectivity index (χ1) is 12.5. The molecular formula is C21H35NO4. The van der Waals surface area contributed by atoms with Gasteiger partial charge in [0, 0.05) is 39.2 Å². The molecule has 1 aliphatic rings. The fourth-order valence-electron chi connectivity index (χ4n) is 2.98. The molecule has 1 unspecified atom stereocenters. The van der Waals surface area contributed by atoms with Crippen LogP contribution in [0.3, 0.4) is 0 Å². The minimum absolute atomic E-state index is 0.512. The van der Waals surface area contributed by atoms with Gasteiger partial charge in [-0.25, -0.2) is 0 Å². The maximum atomic E-state index is 10.4. The van der Waals surface area contributed by atoms with Crippen molar-refractivity contribution in [2.45, 2.75) is 71.4 Å². The van der Waals surface area contributed by atoms with E-state index < -0.39 is 11.9 Å². The maximum Gasteiger partial charge on any atom is 0.205 e. The van der Waals surface area contributed by atoms with E-state index in [0.29, 0.717) is 13.2 Å². The molecule has 1 atom stereocenters. The first-order valence-corrected chi connectivity index (χ1v) is 9.94. The van der Waals surface area contributed by atoms with E-state index in [9.17, 15) is 5.11 Å². The van der Waals surface area contributed by atoms with Crippen LogP contribution in [-0.4, -0.2) is 37.2 Å². The van der Waals surface area contributed by atoms with E-state index in [4.69, 9.17) is 14.2 Å². The van der Waals surface area contributed by atoms with Gasteiger partial charge in [0.2, 0.25) is 5.79 Å². The first-order valence-electron chi connectivity index (χ1n) is 9.94. The summed E-state index contributed by atoms with van der Waals surface area (Å²) in [7, 11) is 0. The lowest BCUT2D eigenvalue weighted by atomic mass is 10.0. The highest BCUT2D eigenvalue weighted by molar-refractivity contribution is 5.39. The average molecular weight is 366 g/mol. The average Bonchev–Trinajstić information content (AvgIpc) is 2.62. The molecule has 0 aromatic heterocycles. The number of hydrogen-bond donors (Lipinski definition) is 2. The largest absolute Gasteiger partial charge is 0.463 e. The van der Waals surface area contributed by atoms with E-state index in [1.165, 1.54) is 12.8 Å². The second-order valence-corrected chi connectivity index (χ2v) is 7.40. The molecule has 1 heterocycles. The summed E-state index contributed by atoms with van der Waals surface area (Å²) in [6.45, 7) is 9.69. The minimum Gasteiger partial charge on any atom is -0.463 e. The normalized spacial score (nSPS) is 16.8. The van der Waals surface area contributed by atoms with Crippen LogP contribution in [0.1, 0.15) is 70.1 Å². The summed E-state index contributed by atoms with van der Waals surface area (Å²) in [5, 5.41) is 13.7. The van der Waals surface area contributed by atoms with Crippen molar-refractivity contribution < 1.29 is 19.3 Å². The second kappa shape index (κ2) is 10.9. The van der Waals surface area contributed by atoms with Gasteiger partial charge in [0.15, 0.2) is 0 Å². The lowest BCUT2D eigenvalue weighted by molar-refractivity contribution is -0.180. The van der Waals surface area contributed by atoms with Crippen molar-refractivity contribution in [3.63, 3.8) is 0 Å². The topological polar surface area (TPSA) is 60.0 Å². The molecule has 0 spiro atoms. The van der Waals surface area contributed by atoms with Crippen LogP contribution in [0.25, 0.3) is 0 Å². The zero-order valence-electron chi connectivity index (χ0n) is 16.6. The maximum absolute atomic E-state index is 10.4. The molecule has 0 amide bonds. The Morgan fingerprint density at radius 1 is 1.19 bits per heavy atom. The Hall–Kier alpha value is -1.14. The number of rotatable bonds is 12. The van der Waals surface area contributed by atoms with Gasteiger partial charge in [-0.3, -0.25) is 0 Å². The molecule has 0 aliphatic carbocycles. The Bertz CT molecular complexity index is 533. The lowest BCUT2D eigenvalue weighted by Crippen LogP contribution is -2.35. The number of aliphatic hydroxyl groups is 1. The summed E-state index contributed by atoms with van der Waals surface area (Å²) in [6.07, 6.45) is 5.24. The van der Waals surface area contributed by atoms with Crippen molar-refractivity contribution in [1.82, 2.24) is 5.32 Å². The highest BCUT2D eigenvalue weighted by Gasteiger charge is 2.27. The Morgan fingerprint density at radius 2 is 2.00 bits per heavy atom. The third kappa shape index (κ3) is 7.23. The van der Waals surface area contributed by atoms with Gasteiger partial charge < -0.3 is 24.6 Å². The minimum atomic E-state index is -0.586. The molecule has 2 N–H and O–H groups in total. The highest BCUT2D eigenvalue weighted by Crippen LogP contribution is 2.32. The van der Waals surface area contributed by atoms with E-state index in [1.807, 2.05) is 32.0 Å². The smallest absolute Gasteiger partial charge is 0.205 e. The van der Waals surface area contributed by atoms with Crippen LogP contribution < -0.4 is 10.1 Å². The van der Waals surface area contributed by atoms with Gasteiger partial charge in [0.25, 0.3) is 0 Å². The fraction of sp³-hybridized carbons (Fsp3) is 0.714. The quantitative estimate of drug-likeness (QED) is 0.549. The van der Waals surface area contributed by atoms with Gasteiger partial charge in [-0.15, -0.1) is 0 Å². The fourth-order valence-corrected chi connectivity index (χ4v) is 2.98. The van der Waals surface area contributed by atoms with E-state index >= 15 is 0 Å². The van der Waals surface area contributed by atoms with Crippen LogP contribution in [0.5, 0.6) is 5.75 Å². The molecule has 26 heavy (non-hydrogen) atoms. The first kappa shape index (κ1) is 21.2. The molecule has 0 fully saturated rings. The van der Waals surface area contributed by atoms with E-state index in [-0.39, 0.29) is 0 Å². The number of aliphatic hydroxyl groups excluding tert-OH is 1. The molecule has 148 valence electrons. The molecule has 0 bridgehead atoms. The highest BCUT2D eigenvalue weighted by atomic mass is 16.7. The van der Waals surface area contributed by atoms with Crippen LogP contribution >= 0.6 is 0 Å². The molecule has 0 radical (unpaired) electrons. The third-order valence-electron chi connectivity index (χ3n) is 4.48. The Kier molecular flexibility index (Phi) is 8.85. The van der Waals surface area contributed by atoms with Crippen molar-refractivity contribution in [2.75, 3.05) is 26.3 Å². The van der Waals surface area contributed by atoms with Crippen LogP contribution in [0.2, 0.25) is 0 Å². The van der Waals surface area contributed by atoms with E-state index in [2.05, 4.69) is 12.2 Å². The van der Waals surface area contributed by atoms with E-state index in [0.717, 1.165) is 55.9 Å². The van der Waals surface area contributed by atoms with Gasteiger partial charge in [-0.05, 0) is 43.5 Å². The molecular weight excluding hydrogens is 330 g/mol. The molecule has 5 heteroatoms. The summed E-state index contributed by atoms with van der Waals surface area (Å²) >= 11 is 0. The summed E-state index contributed by atoms with van der Waals surface area (Å²) in [5.74, 6) is 0.254. The second-order valence-electron chi connectivity index (χ2n) is 7.40. The number of nitrogens with one attached hydrogen (secondary N) is 1. The number of ether oxygens (including phenoxy) is 3. The molecule has 1 aromatic carbocycles. The molecule has 1 aliphatic heterocycles. The third-order valence-corrected chi connectivity index (χ3v) is 4.48. The Morgan fingerprint density at radius 3 is 2.81 bits per heavy atom. The number of hydrogen-bond acceptors (Lipinski definition) is 5. The lowest BCUT2D eigenvalue weighted by Gasteiger charge is -2.33. The van der Waals surface area contributed by atoms with Crippen LogP contribution in [0.4, 0.5) is 0 Å². The summed E-state index contributed by atoms with van der Waals surface area (Å²) in [4.78, 5) is 0. The predicted molar refractivity (Wildman–Crippen MR) is 103 cm³/mol. The number of fused-ring (bicyclic) bond motifs is 1. The predicted octanol–water partition coefficient (Wildman–Crippen LogP) is 3.94.